The van der Waals surface area contributed by atoms with Crippen LogP contribution in [0, 0.1) is 12.8 Å². The van der Waals surface area contributed by atoms with Gasteiger partial charge in [0.1, 0.15) is 0 Å². The number of rotatable bonds is 4. The van der Waals surface area contributed by atoms with Crippen LogP contribution in [0.25, 0.3) is 0 Å². The van der Waals surface area contributed by atoms with Gasteiger partial charge in [0.15, 0.2) is 0 Å². The average Bonchev–Trinajstić information content (AvgIpc) is 2.63. The molecule has 0 radical (unpaired) electrons. The van der Waals surface area contributed by atoms with Crippen LogP contribution >= 0.6 is 0 Å². The fourth-order valence-electron chi connectivity index (χ4n) is 3.70. The van der Waals surface area contributed by atoms with Gasteiger partial charge in [-0.1, -0.05) is 17.7 Å². The summed E-state index contributed by atoms with van der Waals surface area (Å²) in [5, 5.41) is 3.02. The van der Waals surface area contributed by atoms with E-state index in [-0.39, 0.29) is 6.03 Å². The number of nitrogens with one attached hydrogen (secondary N) is 1. The van der Waals surface area contributed by atoms with Crippen molar-refractivity contribution in [3.05, 3.63) is 29.8 Å². The lowest BCUT2D eigenvalue weighted by Crippen LogP contribution is -2.45. The predicted octanol–water partition coefficient (Wildman–Crippen LogP) is 2.88. The Kier molecular flexibility index (Phi) is 6.32. The molecule has 5 heteroatoms. The fraction of sp³-hybridized carbons (Fsp3) is 0.650. The number of aryl methyl sites for hydroxylation is 1. The maximum Gasteiger partial charge on any atom is 0.321 e. The van der Waals surface area contributed by atoms with E-state index in [4.69, 9.17) is 0 Å². The van der Waals surface area contributed by atoms with Gasteiger partial charge in [0, 0.05) is 45.0 Å². The predicted molar refractivity (Wildman–Crippen MR) is 103 cm³/mol. The van der Waals surface area contributed by atoms with Crippen molar-refractivity contribution >= 4 is 11.7 Å². The number of nitrogens with zero attached hydrogens (tertiary/aromatic N) is 3. The van der Waals surface area contributed by atoms with E-state index in [0.29, 0.717) is 0 Å². The van der Waals surface area contributed by atoms with Crippen molar-refractivity contribution in [1.29, 1.82) is 0 Å². The molecule has 5 nitrogen and oxygen atoms in total. The third-order valence-corrected chi connectivity index (χ3v) is 5.65. The van der Waals surface area contributed by atoms with Gasteiger partial charge in [-0.2, -0.15) is 0 Å². The van der Waals surface area contributed by atoms with Gasteiger partial charge in [-0.05, 0) is 57.8 Å². The summed E-state index contributed by atoms with van der Waals surface area (Å²) in [6, 6.07) is 8.04. The molecule has 1 N–H and O–H groups in total. The van der Waals surface area contributed by atoms with Crippen molar-refractivity contribution in [2.75, 3.05) is 58.2 Å². The number of urea groups is 1. The molecule has 3 rings (SSSR count). The number of anilines is 1. The number of likely N-dealkylation sites (N-methyl/N-ethyl adjacent to an activating group) is 1. The Bertz CT molecular complexity index is 543. The van der Waals surface area contributed by atoms with E-state index in [9.17, 15) is 4.79 Å². The minimum atomic E-state index is 0.0429. The first-order valence-corrected chi connectivity index (χ1v) is 9.63. The van der Waals surface area contributed by atoms with Crippen molar-refractivity contribution < 1.29 is 4.79 Å². The van der Waals surface area contributed by atoms with Crippen LogP contribution in [0.15, 0.2) is 24.3 Å². The van der Waals surface area contributed by atoms with Gasteiger partial charge in [-0.25, -0.2) is 4.79 Å². The van der Waals surface area contributed by atoms with E-state index in [0.717, 1.165) is 37.5 Å². The molecular formula is C20H32N4O. The molecule has 0 atom stereocenters. The number of piperidine rings is 1. The Morgan fingerprint density at radius 1 is 1.04 bits per heavy atom. The fourth-order valence-corrected chi connectivity index (χ4v) is 3.70. The van der Waals surface area contributed by atoms with Crippen LogP contribution in [0.4, 0.5) is 10.5 Å². The van der Waals surface area contributed by atoms with Crippen LogP contribution in [-0.2, 0) is 0 Å². The molecule has 0 aliphatic carbocycles. The first kappa shape index (κ1) is 18.2. The first-order chi connectivity index (χ1) is 12.1. The van der Waals surface area contributed by atoms with Crippen LogP contribution in [0.5, 0.6) is 0 Å². The molecule has 2 amide bonds. The summed E-state index contributed by atoms with van der Waals surface area (Å²) in [6.07, 6.45) is 3.54. The van der Waals surface area contributed by atoms with E-state index in [1.165, 1.54) is 44.7 Å². The Morgan fingerprint density at radius 3 is 2.32 bits per heavy atom. The summed E-state index contributed by atoms with van der Waals surface area (Å²) in [6.45, 7) is 9.82. The highest BCUT2D eigenvalue weighted by molar-refractivity contribution is 5.89. The van der Waals surface area contributed by atoms with Crippen LogP contribution in [0.2, 0.25) is 0 Å². The van der Waals surface area contributed by atoms with E-state index in [2.05, 4.69) is 29.1 Å². The molecule has 1 aromatic rings. The summed E-state index contributed by atoms with van der Waals surface area (Å²) in [7, 11) is 2.20. The van der Waals surface area contributed by atoms with Crippen LogP contribution in [-0.4, -0.2) is 73.6 Å². The quantitative estimate of drug-likeness (QED) is 0.913. The van der Waals surface area contributed by atoms with Gasteiger partial charge < -0.3 is 20.0 Å². The second-order valence-electron chi connectivity index (χ2n) is 7.66. The van der Waals surface area contributed by atoms with Crippen LogP contribution in [0.3, 0.4) is 0 Å². The Morgan fingerprint density at radius 2 is 1.68 bits per heavy atom. The van der Waals surface area contributed by atoms with Crippen molar-refractivity contribution in [3.63, 3.8) is 0 Å². The average molecular weight is 345 g/mol. The molecule has 0 aromatic heterocycles. The lowest BCUT2D eigenvalue weighted by molar-refractivity contribution is 0.134. The lowest BCUT2D eigenvalue weighted by atomic mass is 9.93. The van der Waals surface area contributed by atoms with Crippen molar-refractivity contribution in [1.82, 2.24) is 14.7 Å². The van der Waals surface area contributed by atoms with Crippen molar-refractivity contribution in [2.24, 2.45) is 5.92 Å². The summed E-state index contributed by atoms with van der Waals surface area (Å²) < 4.78 is 0. The minimum Gasteiger partial charge on any atom is -0.325 e. The van der Waals surface area contributed by atoms with Crippen molar-refractivity contribution in [3.8, 4) is 0 Å². The second-order valence-corrected chi connectivity index (χ2v) is 7.66. The molecule has 2 fully saturated rings. The molecular weight excluding hydrogens is 312 g/mol. The summed E-state index contributed by atoms with van der Waals surface area (Å²) in [4.78, 5) is 19.4. The molecule has 0 bridgehead atoms. The van der Waals surface area contributed by atoms with Gasteiger partial charge in [0.2, 0.25) is 0 Å². The zero-order chi connectivity index (χ0) is 17.6. The maximum atomic E-state index is 12.4. The summed E-state index contributed by atoms with van der Waals surface area (Å²) >= 11 is 0. The van der Waals surface area contributed by atoms with Gasteiger partial charge in [0.05, 0.1) is 0 Å². The highest BCUT2D eigenvalue weighted by Crippen LogP contribution is 2.22. The maximum absolute atomic E-state index is 12.4. The molecule has 1 aromatic carbocycles. The van der Waals surface area contributed by atoms with E-state index < -0.39 is 0 Å². The van der Waals surface area contributed by atoms with Gasteiger partial charge in [0.25, 0.3) is 0 Å². The smallest absolute Gasteiger partial charge is 0.321 e. The minimum absolute atomic E-state index is 0.0429. The number of carbonyl (C=O) groups excluding carboxylic acids is 1. The Balaban J connectivity index is 1.36. The molecule has 2 heterocycles. The molecule has 0 saturated carbocycles. The van der Waals surface area contributed by atoms with Gasteiger partial charge in [-0.15, -0.1) is 0 Å². The highest BCUT2D eigenvalue weighted by atomic mass is 16.2. The molecule has 2 aliphatic heterocycles. The molecule has 2 aliphatic rings. The van der Waals surface area contributed by atoms with E-state index >= 15 is 0 Å². The molecule has 2 saturated heterocycles. The normalized spacial score (nSPS) is 20.6. The van der Waals surface area contributed by atoms with Crippen LogP contribution < -0.4 is 5.32 Å². The molecule has 0 spiro atoms. The third-order valence-electron chi connectivity index (χ3n) is 5.65. The first-order valence-electron chi connectivity index (χ1n) is 9.63. The highest BCUT2D eigenvalue weighted by Gasteiger charge is 2.23. The zero-order valence-electron chi connectivity index (χ0n) is 15.7. The topological polar surface area (TPSA) is 38.8 Å². The van der Waals surface area contributed by atoms with Gasteiger partial charge >= 0.3 is 6.03 Å². The van der Waals surface area contributed by atoms with Crippen molar-refractivity contribution in [2.45, 2.75) is 26.2 Å². The second kappa shape index (κ2) is 8.68. The third kappa shape index (κ3) is 5.44. The standard InChI is InChI=1S/C20H32N4O/c1-17-3-5-19(6-4-17)21-20(25)24-11-8-18(9-12-24)7-10-23-15-13-22(2)14-16-23/h3-6,18H,7-16H2,1-2H3,(H,21,25). The molecule has 0 unspecified atom stereocenters. The zero-order valence-corrected chi connectivity index (χ0v) is 15.7. The number of piperazine rings is 1. The Hall–Kier alpha value is -1.59. The van der Waals surface area contributed by atoms with Gasteiger partial charge in [-0.3, -0.25) is 0 Å². The monoisotopic (exact) mass is 344 g/mol. The number of benzene rings is 1. The molecule has 138 valence electrons. The van der Waals surface area contributed by atoms with Crippen LogP contribution in [0.1, 0.15) is 24.8 Å². The molecule has 25 heavy (non-hydrogen) atoms. The number of hydrogen-bond donors (Lipinski definition) is 1. The Labute approximate surface area is 152 Å². The van der Waals surface area contributed by atoms with E-state index in [1.807, 2.05) is 29.2 Å². The summed E-state index contributed by atoms with van der Waals surface area (Å²) in [5.41, 5.74) is 2.09. The largest absolute Gasteiger partial charge is 0.325 e. The summed E-state index contributed by atoms with van der Waals surface area (Å²) in [5.74, 6) is 0.767. The number of hydrogen-bond acceptors (Lipinski definition) is 3. The number of likely N-dealkylation sites (tertiary alicyclic amines) is 1. The number of carbonyl (C=O) groups is 1. The van der Waals surface area contributed by atoms with E-state index in [1.54, 1.807) is 0 Å². The number of amides is 2. The SMILES string of the molecule is Cc1ccc(NC(=O)N2CCC(CCN3CCN(C)CC3)CC2)cc1. The lowest BCUT2D eigenvalue weighted by Gasteiger charge is -2.35.